The third-order valence-corrected chi connectivity index (χ3v) is 4.50. The zero-order chi connectivity index (χ0) is 20.3. The first-order valence-corrected chi connectivity index (χ1v) is 8.49. The summed E-state index contributed by atoms with van der Waals surface area (Å²) in [6.45, 7) is 0. The van der Waals surface area contributed by atoms with E-state index in [1.165, 1.54) is 25.7 Å². The number of hydrogen-bond donors (Lipinski definition) is 1. The Morgan fingerprint density at radius 2 is 1.93 bits per heavy atom. The molecule has 0 bridgehead atoms. The Morgan fingerprint density at radius 1 is 1.14 bits per heavy atom. The van der Waals surface area contributed by atoms with Gasteiger partial charge in [0.2, 0.25) is 5.88 Å². The van der Waals surface area contributed by atoms with Gasteiger partial charge in [-0.05, 0) is 18.2 Å². The fourth-order valence-electron chi connectivity index (χ4n) is 3.20. The lowest BCUT2D eigenvalue weighted by atomic mass is 9.88. The van der Waals surface area contributed by atoms with E-state index in [-0.39, 0.29) is 12.0 Å². The summed E-state index contributed by atoms with van der Waals surface area (Å²) in [5.74, 6) is -1.06. The molecule has 8 heteroatoms. The summed E-state index contributed by atoms with van der Waals surface area (Å²) >= 11 is 0. The Labute approximate surface area is 160 Å². The molecule has 0 amide bonds. The number of fused-ring (bicyclic) bond motifs is 1. The molecule has 0 aliphatic heterocycles. The quantitative estimate of drug-likeness (QED) is 0.650. The maximum Gasteiger partial charge on any atom is 0.306 e. The lowest BCUT2D eigenvalue weighted by Gasteiger charge is -2.21. The molecule has 28 heavy (non-hydrogen) atoms. The molecule has 1 N–H and O–H groups in total. The van der Waals surface area contributed by atoms with Gasteiger partial charge in [-0.1, -0.05) is 18.2 Å². The SMILES string of the molecule is COC(=O)C[C@H](c1cccc(OC)c1OC)c1c(O)nc2ccccn2c1=O. The number of carbonyl (C=O) groups is 1. The first-order chi connectivity index (χ1) is 13.5. The smallest absolute Gasteiger partial charge is 0.306 e. The predicted molar refractivity (Wildman–Crippen MR) is 101 cm³/mol. The van der Waals surface area contributed by atoms with Crippen molar-refractivity contribution < 1.29 is 24.1 Å². The van der Waals surface area contributed by atoms with E-state index in [0.29, 0.717) is 22.7 Å². The van der Waals surface area contributed by atoms with Crippen LogP contribution in [-0.2, 0) is 9.53 Å². The van der Waals surface area contributed by atoms with Crippen LogP contribution in [0.4, 0.5) is 0 Å². The van der Waals surface area contributed by atoms with Crippen molar-refractivity contribution in [2.45, 2.75) is 12.3 Å². The van der Waals surface area contributed by atoms with Crippen molar-refractivity contribution in [2.75, 3.05) is 21.3 Å². The van der Waals surface area contributed by atoms with Gasteiger partial charge in [-0.25, -0.2) is 0 Å². The Balaban J connectivity index is 2.30. The summed E-state index contributed by atoms with van der Waals surface area (Å²) in [5, 5.41) is 10.5. The number of benzene rings is 1. The number of para-hydroxylation sites is 1. The summed E-state index contributed by atoms with van der Waals surface area (Å²) in [7, 11) is 4.20. The molecule has 0 fully saturated rings. The average molecular weight is 384 g/mol. The van der Waals surface area contributed by atoms with Crippen molar-refractivity contribution >= 4 is 11.6 Å². The first-order valence-electron chi connectivity index (χ1n) is 8.49. The lowest BCUT2D eigenvalue weighted by Crippen LogP contribution is -2.24. The minimum absolute atomic E-state index is 0.0272. The van der Waals surface area contributed by atoms with E-state index in [9.17, 15) is 14.7 Å². The van der Waals surface area contributed by atoms with E-state index in [2.05, 4.69) is 4.98 Å². The molecule has 2 aromatic heterocycles. The largest absolute Gasteiger partial charge is 0.493 e. The van der Waals surface area contributed by atoms with Gasteiger partial charge in [-0.15, -0.1) is 0 Å². The van der Waals surface area contributed by atoms with Crippen LogP contribution in [0.25, 0.3) is 5.65 Å². The van der Waals surface area contributed by atoms with Crippen LogP contribution in [0.5, 0.6) is 17.4 Å². The highest BCUT2D eigenvalue weighted by Crippen LogP contribution is 2.41. The van der Waals surface area contributed by atoms with Crippen molar-refractivity contribution in [2.24, 2.45) is 0 Å². The maximum absolute atomic E-state index is 13.1. The molecule has 0 saturated carbocycles. The van der Waals surface area contributed by atoms with Gasteiger partial charge in [0.15, 0.2) is 11.5 Å². The van der Waals surface area contributed by atoms with Crippen molar-refractivity contribution in [3.8, 4) is 17.4 Å². The van der Waals surface area contributed by atoms with Crippen LogP contribution in [0.2, 0.25) is 0 Å². The van der Waals surface area contributed by atoms with Crippen molar-refractivity contribution in [3.63, 3.8) is 0 Å². The third kappa shape index (κ3) is 3.36. The second-order valence-electron chi connectivity index (χ2n) is 6.00. The molecule has 0 radical (unpaired) electrons. The topological polar surface area (TPSA) is 99.4 Å². The Hall–Kier alpha value is -3.55. The highest BCUT2D eigenvalue weighted by molar-refractivity contribution is 5.72. The predicted octanol–water partition coefficient (Wildman–Crippen LogP) is 2.11. The Morgan fingerprint density at radius 3 is 2.61 bits per heavy atom. The molecule has 0 unspecified atom stereocenters. The monoisotopic (exact) mass is 384 g/mol. The van der Waals surface area contributed by atoms with Crippen molar-refractivity contribution in [1.29, 1.82) is 0 Å². The average Bonchev–Trinajstić information content (AvgIpc) is 2.72. The standard InChI is InChI=1S/C20H20N2O6/c1-26-14-8-6-7-12(18(14)28-3)13(11-16(23)27-2)17-19(24)21-15-9-4-5-10-22(15)20(17)25/h4-10,13,24H,11H2,1-3H3/t13-/m1/s1. The molecule has 0 aliphatic carbocycles. The van der Waals surface area contributed by atoms with E-state index in [1.807, 2.05) is 0 Å². The summed E-state index contributed by atoms with van der Waals surface area (Å²) in [5.41, 5.74) is 0.281. The van der Waals surface area contributed by atoms with Gasteiger partial charge in [-0.2, -0.15) is 4.98 Å². The highest BCUT2D eigenvalue weighted by Gasteiger charge is 2.30. The summed E-state index contributed by atoms with van der Waals surface area (Å²) in [6.07, 6.45) is 1.36. The fourth-order valence-corrected chi connectivity index (χ4v) is 3.20. The molecule has 1 aromatic carbocycles. The molecule has 0 saturated heterocycles. The zero-order valence-corrected chi connectivity index (χ0v) is 15.7. The Bertz CT molecular complexity index is 1080. The number of aromatic nitrogens is 2. The Kier molecular flexibility index (Phi) is 5.49. The number of pyridine rings is 1. The molecule has 3 rings (SSSR count). The molecule has 1 atom stereocenters. The van der Waals surface area contributed by atoms with Gasteiger partial charge in [0.25, 0.3) is 5.56 Å². The molecule has 2 heterocycles. The number of ether oxygens (including phenoxy) is 3. The van der Waals surface area contributed by atoms with Crippen LogP contribution < -0.4 is 15.0 Å². The normalized spacial score (nSPS) is 11.8. The minimum atomic E-state index is -0.852. The van der Waals surface area contributed by atoms with Crippen LogP contribution in [0.1, 0.15) is 23.5 Å². The number of nitrogens with zero attached hydrogens (tertiary/aromatic N) is 2. The second-order valence-corrected chi connectivity index (χ2v) is 6.00. The van der Waals surface area contributed by atoms with E-state index in [4.69, 9.17) is 14.2 Å². The third-order valence-electron chi connectivity index (χ3n) is 4.50. The number of carbonyl (C=O) groups excluding carboxylic acids is 1. The number of aromatic hydroxyl groups is 1. The van der Waals surface area contributed by atoms with Crippen LogP contribution >= 0.6 is 0 Å². The van der Waals surface area contributed by atoms with Gasteiger partial charge in [0.1, 0.15) is 5.65 Å². The van der Waals surface area contributed by atoms with Gasteiger partial charge in [-0.3, -0.25) is 14.0 Å². The van der Waals surface area contributed by atoms with Gasteiger partial charge < -0.3 is 19.3 Å². The lowest BCUT2D eigenvalue weighted by molar-refractivity contribution is -0.140. The maximum atomic E-state index is 13.1. The van der Waals surface area contributed by atoms with Crippen LogP contribution in [0.15, 0.2) is 47.4 Å². The number of rotatable bonds is 6. The van der Waals surface area contributed by atoms with Crippen LogP contribution in [-0.4, -0.2) is 41.8 Å². The van der Waals surface area contributed by atoms with Gasteiger partial charge in [0.05, 0.1) is 33.3 Å². The molecular weight excluding hydrogens is 364 g/mol. The van der Waals surface area contributed by atoms with E-state index in [0.717, 1.165) is 0 Å². The van der Waals surface area contributed by atoms with E-state index in [1.54, 1.807) is 42.6 Å². The number of esters is 1. The molecule has 0 spiro atoms. The van der Waals surface area contributed by atoms with E-state index >= 15 is 0 Å². The van der Waals surface area contributed by atoms with E-state index < -0.39 is 23.3 Å². The molecule has 8 nitrogen and oxygen atoms in total. The molecule has 3 aromatic rings. The fraction of sp³-hybridized carbons (Fsp3) is 0.250. The first kappa shape index (κ1) is 19.2. The zero-order valence-electron chi connectivity index (χ0n) is 15.7. The van der Waals surface area contributed by atoms with Gasteiger partial charge in [0, 0.05) is 17.7 Å². The molecule has 0 aliphatic rings. The minimum Gasteiger partial charge on any atom is -0.493 e. The number of hydrogen-bond acceptors (Lipinski definition) is 7. The number of methoxy groups -OCH3 is 3. The highest BCUT2D eigenvalue weighted by atomic mass is 16.5. The van der Waals surface area contributed by atoms with Crippen LogP contribution in [0.3, 0.4) is 0 Å². The van der Waals surface area contributed by atoms with Crippen molar-refractivity contribution in [3.05, 3.63) is 64.1 Å². The molecule has 146 valence electrons. The van der Waals surface area contributed by atoms with Crippen LogP contribution in [0, 0.1) is 0 Å². The summed E-state index contributed by atoms with van der Waals surface area (Å²) < 4.78 is 16.9. The summed E-state index contributed by atoms with van der Waals surface area (Å²) in [6, 6.07) is 10.1. The molecular formula is C20H20N2O6. The van der Waals surface area contributed by atoms with Crippen molar-refractivity contribution in [1.82, 2.24) is 9.38 Å². The second kappa shape index (κ2) is 7.99. The van der Waals surface area contributed by atoms with Gasteiger partial charge >= 0.3 is 5.97 Å². The summed E-state index contributed by atoms with van der Waals surface area (Å²) in [4.78, 5) is 29.3.